The molecule has 2 aromatic heterocycles. The summed E-state index contributed by atoms with van der Waals surface area (Å²) in [6.07, 6.45) is 5.71. The van der Waals surface area contributed by atoms with Gasteiger partial charge in [0.2, 0.25) is 0 Å². The summed E-state index contributed by atoms with van der Waals surface area (Å²) in [6.45, 7) is 3.73. The highest BCUT2D eigenvalue weighted by atomic mass is 32.2. The van der Waals surface area contributed by atoms with Gasteiger partial charge in [-0.05, 0) is 25.3 Å². The fourth-order valence-electron chi connectivity index (χ4n) is 3.91. The first-order valence-corrected chi connectivity index (χ1v) is 10.6. The highest BCUT2D eigenvalue weighted by molar-refractivity contribution is 7.86. The van der Waals surface area contributed by atoms with Gasteiger partial charge in [-0.2, -0.15) is 22.3 Å². The molecule has 9 nitrogen and oxygen atoms in total. The molecule has 0 unspecified atom stereocenters. The number of nitriles is 1. The van der Waals surface area contributed by atoms with E-state index >= 15 is 0 Å². The van der Waals surface area contributed by atoms with Gasteiger partial charge in [-0.25, -0.2) is 9.97 Å². The van der Waals surface area contributed by atoms with Gasteiger partial charge in [0.1, 0.15) is 24.3 Å². The first-order chi connectivity index (χ1) is 13.0. The molecule has 2 fully saturated rings. The predicted octanol–water partition coefficient (Wildman–Crippen LogP) is 1.09. The molecule has 144 valence electrons. The maximum atomic E-state index is 13.2. The van der Waals surface area contributed by atoms with Crippen molar-refractivity contribution in [2.45, 2.75) is 31.7 Å². The van der Waals surface area contributed by atoms with Crippen LogP contribution >= 0.6 is 0 Å². The van der Waals surface area contributed by atoms with Crippen LogP contribution in [0, 0.1) is 11.3 Å². The molecule has 10 heteroatoms. The van der Waals surface area contributed by atoms with Crippen molar-refractivity contribution in [2.75, 3.05) is 37.6 Å². The Morgan fingerprint density at radius 1 is 1.37 bits per heavy atom. The van der Waals surface area contributed by atoms with E-state index in [1.54, 1.807) is 4.31 Å². The Hall–Kier alpha value is -2.22. The lowest BCUT2D eigenvalue weighted by Gasteiger charge is -2.43. The van der Waals surface area contributed by atoms with Crippen LogP contribution in [-0.2, 0) is 10.2 Å². The molecule has 1 aliphatic heterocycles. The zero-order chi connectivity index (χ0) is 19.1. The van der Waals surface area contributed by atoms with Gasteiger partial charge in [0.15, 0.2) is 0 Å². The zero-order valence-corrected chi connectivity index (χ0v) is 16.1. The molecule has 1 aliphatic carbocycles. The number of rotatable bonds is 6. The second-order valence-electron chi connectivity index (χ2n) is 7.15. The summed E-state index contributed by atoms with van der Waals surface area (Å²) in [5.41, 5.74) is 0.384. The predicted molar refractivity (Wildman–Crippen MR) is 101 cm³/mol. The van der Waals surface area contributed by atoms with Crippen LogP contribution in [0.15, 0.2) is 18.6 Å². The lowest BCUT2D eigenvalue weighted by Crippen LogP contribution is -2.60. The molecule has 1 saturated heterocycles. The number of hydrogen-bond donors (Lipinski definition) is 1. The number of H-pyrrole nitrogens is 1. The van der Waals surface area contributed by atoms with E-state index < -0.39 is 15.7 Å². The van der Waals surface area contributed by atoms with E-state index in [1.807, 2.05) is 25.3 Å². The van der Waals surface area contributed by atoms with Crippen molar-refractivity contribution in [3.63, 3.8) is 0 Å². The third-order valence-electron chi connectivity index (χ3n) is 5.37. The summed E-state index contributed by atoms with van der Waals surface area (Å²) in [7, 11) is -3.65. The Kier molecular flexibility index (Phi) is 4.53. The minimum atomic E-state index is -3.65. The van der Waals surface area contributed by atoms with Crippen LogP contribution in [0.3, 0.4) is 0 Å². The number of aromatic nitrogens is 3. The summed E-state index contributed by atoms with van der Waals surface area (Å²) < 4.78 is 29.3. The van der Waals surface area contributed by atoms with Crippen LogP contribution in [0.25, 0.3) is 11.0 Å². The number of nitrogens with zero attached hydrogens (tertiary/aromatic N) is 6. The van der Waals surface area contributed by atoms with Gasteiger partial charge in [0.25, 0.3) is 10.2 Å². The summed E-state index contributed by atoms with van der Waals surface area (Å²) in [5, 5.41) is 9.99. The van der Waals surface area contributed by atoms with Crippen LogP contribution in [0.1, 0.15) is 26.2 Å². The van der Waals surface area contributed by atoms with Crippen molar-refractivity contribution < 1.29 is 8.42 Å². The Bertz CT molecular complexity index is 977. The number of hydrogen-bond acceptors (Lipinski definition) is 6. The number of anilines is 1. The van der Waals surface area contributed by atoms with Gasteiger partial charge in [0, 0.05) is 32.4 Å². The van der Waals surface area contributed by atoms with E-state index in [9.17, 15) is 8.42 Å². The van der Waals surface area contributed by atoms with E-state index in [1.165, 1.54) is 10.6 Å². The SMILES string of the molecule is CCCN(CC#N)S(=O)(=O)N1CCN(c2ncnc3[nH]ccc23)CC12CC2. The Morgan fingerprint density at radius 2 is 2.19 bits per heavy atom. The second kappa shape index (κ2) is 6.74. The monoisotopic (exact) mass is 389 g/mol. The number of nitrogens with one attached hydrogen (secondary N) is 1. The van der Waals surface area contributed by atoms with Crippen molar-refractivity contribution in [3.05, 3.63) is 18.6 Å². The van der Waals surface area contributed by atoms with E-state index in [-0.39, 0.29) is 6.54 Å². The molecule has 1 spiro atoms. The largest absolute Gasteiger partial charge is 0.353 e. The van der Waals surface area contributed by atoms with Crippen molar-refractivity contribution >= 4 is 27.1 Å². The average molecular weight is 389 g/mol. The zero-order valence-electron chi connectivity index (χ0n) is 15.3. The summed E-state index contributed by atoms with van der Waals surface area (Å²) >= 11 is 0. The fraction of sp³-hybridized carbons (Fsp3) is 0.588. The number of piperazine rings is 1. The smallest absolute Gasteiger partial charge is 0.283 e. The molecule has 2 aliphatic rings. The van der Waals surface area contributed by atoms with Gasteiger partial charge in [0.05, 0.1) is 17.0 Å². The van der Waals surface area contributed by atoms with E-state index in [0.29, 0.717) is 32.6 Å². The highest BCUT2D eigenvalue weighted by Crippen LogP contribution is 2.47. The summed E-state index contributed by atoms with van der Waals surface area (Å²) in [4.78, 5) is 13.9. The Morgan fingerprint density at radius 3 is 2.89 bits per heavy atom. The lowest BCUT2D eigenvalue weighted by atomic mass is 10.2. The summed E-state index contributed by atoms with van der Waals surface area (Å²) in [6, 6.07) is 3.93. The standard InChI is InChI=1S/C17H23N7O2S/c1-2-8-23(9-6-18)27(25,26)24-11-10-22(12-17(24)4-5-17)16-14-3-7-19-15(14)20-13-21-16/h3,7,13H,2,4-5,8-12H2,1H3,(H,19,20,21). The number of fused-ring (bicyclic) bond motifs is 1. The Balaban J connectivity index is 1.60. The van der Waals surface area contributed by atoms with Crippen molar-refractivity contribution in [1.29, 1.82) is 5.26 Å². The lowest BCUT2D eigenvalue weighted by molar-refractivity contribution is 0.248. The molecule has 0 bridgehead atoms. The van der Waals surface area contributed by atoms with Crippen LogP contribution in [0.5, 0.6) is 0 Å². The molecule has 0 radical (unpaired) electrons. The normalized spacial score (nSPS) is 19.7. The first kappa shape index (κ1) is 18.2. The van der Waals surface area contributed by atoms with Crippen molar-refractivity contribution in [1.82, 2.24) is 23.6 Å². The van der Waals surface area contributed by atoms with E-state index in [4.69, 9.17) is 5.26 Å². The minimum absolute atomic E-state index is 0.109. The molecular formula is C17H23N7O2S. The van der Waals surface area contributed by atoms with E-state index in [0.717, 1.165) is 29.7 Å². The molecule has 2 aromatic rings. The van der Waals surface area contributed by atoms with E-state index in [2.05, 4.69) is 19.9 Å². The van der Waals surface area contributed by atoms with Gasteiger partial charge < -0.3 is 9.88 Å². The molecule has 1 N–H and O–H groups in total. The molecule has 3 heterocycles. The Labute approximate surface area is 158 Å². The molecule has 1 saturated carbocycles. The maximum Gasteiger partial charge on any atom is 0.283 e. The van der Waals surface area contributed by atoms with Gasteiger partial charge in [-0.3, -0.25) is 0 Å². The molecule has 4 rings (SSSR count). The fourth-order valence-corrected chi connectivity index (χ4v) is 5.86. The van der Waals surface area contributed by atoms with Crippen molar-refractivity contribution in [3.8, 4) is 6.07 Å². The van der Waals surface area contributed by atoms with Crippen LogP contribution < -0.4 is 4.90 Å². The third-order valence-corrected chi connectivity index (χ3v) is 7.46. The highest BCUT2D eigenvalue weighted by Gasteiger charge is 2.57. The average Bonchev–Trinajstić information content (AvgIpc) is 3.23. The van der Waals surface area contributed by atoms with Gasteiger partial charge in [-0.1, -0.05) is 6.92 Å². The van der Waals surface area contributed by atoms with Crippen LogP contribution in [0.4, 0.5) is 5.82 Å². The number of aromatic amines is 1. The van der Waals surface area contributed by atoms with Crippen LogP contribution in [-0.4, -0.2) is 70.2 Å². The summed E-state index contributed by atoms with van der Waals surface area (Å²) in [5.74, 6) is 0.840. The topological polar surface area (TPSA) is 109 Å². The van der Waals surface area contributed by atoms with Crippen LogP contribution in [0.2, 0.25) is 0 Å². The minimum Gasteiger partial charge on any atom is -0.353 e. The molecule has 0 atom stereocenters. The molecule has 0 aromatic carbocycles. The third kappa shape index (κ3) is 3.05. The van der Waals surface area contributed by atoms with Crippen molar-refractivity contribution in [2.24, 2.45) is 0 Å². The quantitative estimate of drug-likeness (QED) is 0.741. The molecule has 27 heavy (non-hydrogen) atoms. The molecule has 0 amide bonds. The maximum absolute atomic E-state index is 13.2. The molecular weight excluding hydrogens is 366 g/mol. The second-order valence-corrected chi connectivity index (χ2v) is 9.01. The van der Waals surface area contributed by atoms with Gasteiger partial charge >= 0.3 is 0 Å². The first-order valence-electron chi connectivity index (χ1n) is 9.20. The van der Waals surface area contributed by atoms with Gasteiger partial charge in [-0.15, -0.1) is 0 Å².